The Morgan fingerprint density at radius 3 is 2.54 bits per heavy atom. The van der Waals surface area contributed by atoms with E-state index in [-0.39, 0.29) is 12.7 Å². The molecule has 2 N–H and O–H groups in total. The van der Waals surface area contributed by atoms with Crippen molar-refractivity contribution in [1.29, 1.82) is 0 Å². The summed E-state index contributed by atoms with van der Waals surface area (Å²) in [7, 11) is 0. The second-order valence-corrected chi connectivity index (χ2v) is 6.86. The summed E-state index contributed by atoms with van der Waals surface area (Å²) in [5.74, 6) is 1.26. The van der Waals surface area contributed by atoms with Gasteiger partial charge in [-0.1, -0.05) is 42.5 Å². The summed E-state index contributed by atoms with van der Waals surface area (Å²) in [4.78, 5) is 13.2. The minimum absolute atomic E-state index is 0.127. The number of hydrogen-bond donors (Lipinski definition) is 2. The van der Waals surface area contributed by atoms with Gasteiger partial charge < -0.3 is 20.1 Å². The van der Waals surface area contributed by atoms with Crippen LogP contribution in [0.15, 0.2) is 66.7 Å². The first-order chi connectivity index (χ1) is 13.6. The normalized spacial score (nSPS) is 13.1. The van der Waals surface area contributed by atoms with E-state index in [9.17, 15) is 4.79 Å². The van der Waals surface area contributed by atoms with Gasteiger partial charge in [0.25, 0.3) is 5.91 Å². The van der Waals surface area contributed by atoms with Gasteiger partial charge in [-0.05, 0) is 48.7 Å². The third kappa shape index (κ3) is 3.78. The lowest BCUT2D eigenvalue weighted by atomic mass is 10.0. The lowest BCUT2D eigenvalue weighted by molar-refractivity contribution is -0.117. The molecule has 3 aromatic rings. The molecule has 5 nitrogen and oxygen atoms in total. The van der Waals surface area contributed by atoms with Gasteiger partial charge in [0.15, 0.2) is 11.5 Å². The molecule has 1 heterocycles. The van der Waals surface area contributed by atoms with Crippen LogP contribution in [0.5, 0.6) is 11.5 Å². The third-order valence-corrected chi connectivity index (χ3v) is 4.73. The largest absolute Gasteiger partial charge is 0.454 e. The summed E-state index contributed by atoms with van der Waals surface area (Å²) in [5, 5.41) is 6.40. The lowest BCUT2D eigenvalue weighted by Crippen LogP contribution is -2.27. The van der Waals surface area contributed by atoms with Crippen molar-refractivity contribution < 1.29 is 14.3 Å². The molecule has 5 heteroatoms. The fourth-order valence-corrected chi connectivity index (χ4v) is 3.17. The van der Waals surface area contributed by atoms with Crippen molar-refractivity contribution in [3.05, 3.63) is 83.4 Å². The van der Waals surface area contributed by atoms with Gasteiger partial charge in [0.05, 0.1) is 0 Å². The molecule has 1 aliphatic heterocycles. The van der Waals surface area contributed by atoms with Crippen LogP contribution < -0.4 is 20.1 Å². The third-order valence-electron chi connectivity index (χ3n) is 4.73. The van der Waals surface area contributed by atoms with E-state index in [1.54, 1.807) is 0 Å². The van der Waals surface area contributed by atoms with Gasteiger partial charge in [-0.2, -0.15) is 0 Å². The standard InChI is InChI=1S/C23H22N2O3/c1-15-8-9-16(2)19(12-15)25-23(26)22(17-6-4-3-5-7-17)24-18-10-11-20-21(13-18)28-14-27-20/h3-13,22,24H,14H2,1-2H3,(H,25,26)/t22-/m0/s1. The number of aryl methyl sites for hydroxylation is 2. The second kappa shape index (κ2) is 7.64. The monoisotopic (exact) mass is 374 g/mol. The van der Waals surface area contributed by atoms with E-state index in [2.05, 4.69) is 10.6 Å². The molecule has 1 aliphatic rings. The minimum atomic E-state index is -0.554. The minimum Gasteiger partial charge on any atom is -0.454 e. The highest BCUT2D eigenvalue weighted by Crippen LogP contribution is 2.35. The Morgan fingerprint density at radius 2 is 1.71 bits per heavy atom. The summed E-state index contributed by atoms with van der Waals surface area (Å²) in [6.07, 6.45) is 0. The number of ether oxygens (including phenoxy) is 2. The number of benzene rings is 3. The summed E-state index contributed by atoms with van der Waals surface area (Å²) in [5.41, 5.74) is 4.60. The van der Waals surface area contributed by atoms with Crippen molar-refractivity contribution in [2.24, 2.45) is 0 Å². The Labute approximate surface area is 164 Å². The summed E-state index contributed by atoms with van der Waals surface area (Å²) in [6, 6.07) is 20.7. The topological polar surface area (TPSA) is 59.6 Å². The predicted octanol–water partition coefficient (Wildman–Crippen LogP) is 4.82. The number of fused-ring (bicyclic) bond motifs is 1. The van der Waals surface area contributed by atoms with Crippen molar-refractivity contribution in [3.8, 4) is 11.5 Å². The molecule has 142 valence electrons. The molecule has 0 bridgehead atoms. The number of hydrogen-bond acceptors (Lipinski definition) is 4. The van der Waals surface area contributed by atoms with Crippen LogP contribution in [0.25, 0.3) is 0 Å². The molecule has 3 aromatic carbocycles. The van der Waals surface area contributed by atoms with Gasteiger partial charge in [-0.25, -0.2) is 0 Å². The van der Waals surface area contributed by atoms with E-state index in [4.69, 9.17) is 9.47 Å². The summed E-state index contributed by atoms with van der Waals surface area (Å²) in [6.45, 7) is 4.21. The Bertz CT molecular complexity index is 1000. The Balaban J connectivity index is 1.62. The Hall–Kier alpha value is -3.47. The highest BCUT2D eigenvalue weighted by atomic mass is 16.7. The van der Waals surface area contributed by atoms with Crippen molar-refractivity contribution in [1.82, 2.24) is 0 Å². The first-order valence-corrected chi connectivity index (χ1v) is 9.19. The number of amides is 1. The molecule has 0 radical (unpaired) electrons. The van der Waals surface area contributed by atoms with Gasteiger partial charge in [-0.3, -0.25) is 4.79 Å². The number of carbonyl (C=O) groups excluding carboxylic acids is 1. The molecule has 0 spiro atoms. The zero-order valence-electron chi connectivity index (χ0n) is 15.9. The van der Waals surface area contributed by atoms with Gasteiger partial charge in [0.1, 0.15) is 6.04 Å². The Morgan fingerprint density at radius 1 is 0.929 bits per heavy atom. The maximum absolute atomic E-state index is 13.2. The highest BCUT2D eigenvalue weighted by molar-refractivity contribution is 5.98. The highest BCUT2D eigenvalue weighted by Gasteiger charge is 2.22. The van der Waals surface area contributed by atoms with Crippen LogP contribution in [0.1, 0.15) is 22.7 Å². The first-order valence-electron chi connectivity index (χ1n) is 9.19. The lowest BCUT2D eigenvalue weighted by Gasteiger charge is -2.21. The van der Waals surface area contributed by atoms with Gasteiger partial charge in [0.2, 0.25) is 6.79 Å². The van der Waals surface area contributed by atoms with Crippen LogP contribution in [0.3, 0.4) is 0 Å². The van der Waals surface area contributed by atoms with Crippen LogP contribution in [-0.2, 0) is 4.79 Å². The zero-order valence-corrected chi connectivity index (χ0v) is 15.9. The van der Waals surface area contributed by atoms with Crippen LogP contribution in [0.4, 0.5) is 11.4 Å². The van der Waals surface area contributed by atoms with E-state index in [0.717, 1.165) is 28.1 Å². The number of anilines is 2. The maximum atomic E-state index is 13.2. The molecule has 28 heavy (non-hydrogen) atoms. The molecular formula is C23H22N2O3. The van der Waals surface area contributed by atoms with Crippen LogP contribution in [0, 0.1) is 13.8 Å². The fraction of sp³-hybridized carbons (Fsp3) is 0.174. The second-order valence-electron chi connectivity index (χ2n) is 6.86. The van der Waals surface area contributed by atoms with Crippen molar-refractivity contribution in [3.63, 3.8) is 0 Å². The van der Waals surface area contributed by atoms with Crippen molar-refractivity contribution in [2.75, 3.05) is 17.4 Å². The summed E-state index contributed by atoms with van der Waals surface area (Å²) >= 11 is 0. The fourth-order valence-electron chi connectivity index (χ4n) is 3.17. The molecule has 0 fully saturated rings. The van der Waals surface area contributed by atoms with E-state index < -0.39 is 6.04 Å². The van der Waals surface area contributed by atoms with Gasteiger partial charge in [-0.15, -0.1) is 0 Å². The predicted molar refractivity (Wildman–Crippen MR) is 110 cm³/mol. The number of nitrogens with one attached hydrogen (secondary N) is 2. The smallest absolute Gasteiger partial charge is 0.251 e. The van der Waals surface area contributed by atoms with Crippen LogP contribution in [0.2, 0.25) is 0 Å². The average Bonchev–Trinajstić information content (AvgIpc) is 3.17. The molecular weight excluding hydrogens is 352 g/mol. The Kier molecular flexibility index (Phi) is 4.89. The molecule has 1 amide bonds. The van der Waals surface area contributed by atoms with Crippen LogP contribution >= 0.6 is 0 Å². The van der Waals surface area contributed by atoms with Crippen LogP contribution in [-0.4, -0.2) is 12.7 Å². The molecule has 4 rings (SSSR count). The quantitative estimate of drug-likeness (QED) is 0.672. The maximum Gasteiger partial charge on any atom is 0.251 e. The first kappa shape index (κ1) is 17.9. The van der Waals surface area contributed by atoms with Crippen molar-refractivity contribution >= 4 is 17.3 Å². The van der Waals surface area contributed by atoms with E-state index in [1.807, 2.05) is 80.6 Å². The van der Waals surface area contributed by atoms with E-state index in [1.165, 1.54) is 0 Å². The van der Waals surface area contributed by atoms with E-state index >= 15 is 0 Å². The number of carbonyl (C=O) groups is 1. The van der Waals surface area contributed by atoms with E-state index in [0.29, 0.717) is 11.5 Å². The zero-order chi connectivity index (χ0) is 19.5. The van der Waals surface area contributed by atoms with Gasteiger partial charge in [0, 0.05) is 17.4 Å². The summed E-state index contributed by atoms with van der Waals surface area (Å²) < 4.78 is 10.8. The molecule has 0 aliphatic carbocycles. The molecule has 0 saturated carbocycles. The van der Waals surface area contributed by atoms with Crippen molar-refractivity contribution in [2.45, 2.75) is 19.9 Å². The average molecular weight is 374 g/mol. The van der Waals surface area contributed by atoms with Gasteiger partial charge >= 0.3 is 0 Å². The molecule has 0 saturated heterocycles. The SMILES string of the molecule is Cc1ccc(C)c(NC(=O)[C@@H](Nc2ccc3c(c2)OCO3)c2ccccc2)c1. The molecule has 0 unspecified atom stereocenters. The molecule has 0 aromatic heterocycles. The number of rotatable bonds is 5. The molecule has 1 atom stereocenters.